The minimum absolute atomic E-state index is 0.0494. The lowest BCUT2D eigenvalue weighted by Crippen LogP contribution is -2.37. The second-order valence-electron chi connectivity index (χ2n) is 6.08. The topological polar surface area (TPSA) is 78.8 Å². The van der Waals surface area contributed by atoms with E-state index in [1.165, 1.54) is 0 Å². The fourth-order valence-corrected chi connectivity index (χ4v) is 3.48. The molecule has 7 heteroatoms. The van der Waals surface area contributed by atoms with E-state index in [4.69, 9.17) is 0 Å². The Kier molecular flexibility index (Phi) is 4.28. The molecule has 0 unspecified atom stereocenters. The number of rotatable bonds is 3. The molecular formula is C17H19N3O3S. The number of hydrogen-bond acceptors (Lipinski definition) is 4. The molecule has 24 heavy (non-hydrogen) atoms. The maximum Gasteiger partial charge on any atom is 0.257 e. The highest BCUT2D eigenvalue weighted by atomic mass is 32.2. The molecule has 1 N–H and O–H groups in total. The van der Waals surface area contributed by atoms with Crippen molar-refractivity contribution >= 4 is 27.5 Å². The van der Waals surface area contributed by atoms with Crippen LogP contribution < -0.4 is 5.32 Å². The Balaban J connectivity index is 1.77. The monoisotopic (exact) mass is 345 g/mol. The summed E-state index contributed by atoms with van der Waals surface area (Å²) in [5, 5.41) is 2.88. The van der Waals surface area contributed by atoms with Gasteiger partial charge in [-0.2, -0.15) is 0 Å². The molecule has 1 aromatic carbocycles. The third kappa shape index (κ3) is 3.56. The van der Waals surface area contributed by atoms with Gasteiger partial charge in [-0.25, -0.2) is 8.42 Å². The van der Waals surface area contributed by atoms with Gasteiger partial charge in [0.05, 0.1) is 11.3 Å². The van der Waals surface area contributed by atoms with Crippen LogP contribution in [0.25, 0.3) is 0 Å². The van der Waals surface area contributed by atoms with Crippen LogP contribution in [-0.4, -0.2) is 37.4 Å². The van der Waals surface area contributed by atoms with E-state index in [0.717, 1.165) is 11.3 Å². The molecule has 2 heterocycles. The van der Waals surface area contributed by atoms with Crippen LogP contribution in [0, 0.1) is 0 Å². The molecule has 0 bridgehead atoms. The van der Waals surface area contributed by atoms with E-state index in [9.17, 15) is 13.2 Å². The molecule has 126 valence electrons. The van der Waals surface area contributed by atoms with Crippen molar-refractivity contribution < 1.29 is 13.2 Å². The molecule has 1 amide bonds. The molecule has 0 aliphatic carbocycles. The lowest BCUT2D eigenvalue weighted by Gasteiger charge is -2.27. The predicted octanol–water partition coefficient (Wildman–Crippen LogP) is 2.25. The van der Waals surface area contributed by atoms with E-state index >= 15 is 0 Å². The second kappa shape index (κ2) is 6.24. The summed E-state index contributed by atoms with van der Waals surface area (Å²) in [5.74, 6) is 0.440. The maximum absolute atomic E-state index is 12.4. The maximum atomic E-state index is 12.4. The highest BCUT2D eigenvalue weighted by Gasteiger charge is 2.25. The number of carbonyl (C=O) groups is 1. The first kappa shape index (κ1) is 16.4. The zero-order valence-electron chi connectivity index (χ0n) is 13.6. The molecule has 3 rings (SSSR count). The number of nitrogens with one attached hydrogen (secondary N) is 1. The zero-order valence-corrected chi connectivity index (χ0v) is 14.4. The van der Waals surface area contributed by atoms with Crippen molar-refractivity contribution in [3.05, 3.63) is 53.8 Å². The highest BCUT2D eigenvalue weighted by Crippen LogP contribution is 2.20. The summed E-state index contributed by atoms with van der Waals surface area (Å²) in [7, 11) is -3.39. The number of amidine groups is 1. The minimum atomic E-state index is -3.39. The summed E-state index contributed by atoms with van der Waals surface area (Å²) >= 11 is 0. The van der Waals surface area contributed by atoms with E-state index in [2.05, 4.69) is 23.6 Å². The number of anilines is 1. The molecule has 1 aromatic rings. The van der Waals surface area contributed by atoms with Gasteiger partial charge in [-0.15, -0.1) is 4.40 Å². The first-order valence-electron chi connectivity index (χ1n) is 7.74. The van der Waals surface area contributed by atoms with Crippen molar-refractivity contribution in [2.75, 3.05) is 17.6 Å². The third-order valence-corrected chi connectivity index (χ3v) is 5.06. The fourth-order valence-electron chi connectivity index (χ4n) is 2.51. The molecular weight excluding hydrogens is 326 g/mol. The van der Waals surface area contributed by atoms with Crippen LogP contribution in [0.2, 0.25) is 0 Å². The summed E-state index contributed by atoms with van der Waals surface area (Å²) in [4.78, 5) is 14.1. The second-order valence-corrected chi connectivity index (χ2v) is 7.84. The Morgan fingerprint density at radius 2 is 2.08 bits per heavy atom. The van der Waals surface area contributed by atoms with Crippen molar-refractivity contribution in [3.63, 3.8) is 0 Å². The summed E-state index contributed by atoms with van der Waals surface area (Å²) < 4.78 is 26.7. The van der Waals surface area contributed by atoms with Crippen LogP contribution in [-0.2, 0) is 14.8 Å². The van der Waals surface area contributed by atoms with Crippen molar-refractivity contribution in [2.45, 2.75) is 19.8 Å². The summed E-state index contributed by atoms with van der Waals surface area (Å²) in [6.07, 6.45) is 4.77. The van der Waals surface area contributed by atoms with Gasteiger partial charge in [-0.1, -0.05) is 26.0 Å². The Morgan fingerprint density at radius 3 is 2.83 bits per heavy atom. The number of fused-ring (bicyclic) bond motifs is 1. The van der Waals surface area contributed by atoms with Crippen LogP contribution >= 0.6 is 0 Å². The van der Waals surface area contributed by atoms with Gasteiger partial charge in [0, 0.05) is 18.4 Å². The van der Waals surface area contributed by atoms with Crippen molar-refractivity contribution in [1.82, 2.24) is 4.90 Å². The summed E-state index contributed by atoms with van der Waals surface area (Å²) in [6, 6.07) is 7.74. The fraction of sp³-hybridized carbons (Fsp3) is 0.294. The number of nitrogens with zero attached hydrogens (tertiary/aromatic N) is 2. The van der Waals surface area contributed by atoms with Crippen LogP contribution in [0.15, 0.2) is 52.6 Å². The Labute approximate surface area is 141 Å². The molecule has 2 aliphatic heterocycles. The van der Waals surface area contributed by atoms with E-state index < -0.39 is 10.0 Å². The Hall–Kier alpha value is -2.41. The van der Waals surface area contributed by atoms with E-state index in [-0.39, 0.29) is 11.7 Å². The van der Waals surface area contributed by atoms with Gasteiger partial charge in [0.2, 0.25) is 0 Å². The Bertz CT molecular complexity index is 867. The van der Waals surface area contributed by atoms with Crippen molar-refractivity contribution in [1.29, 1.82) is 0 Å². The summed E-state index contributed by atoms with van der Waals surface area (Å²) in [6.45, 7) is 4.49. The van der Waals surface area contributed by atoms with Gasteiger partial charge in [-0.05, 0) is 35.8 Å². The van der Waals surface area contributed by atoms with Crippen LogP contribution in [0.1, 0.15) is 25.3 Å². The molecule has 0 atom stereocenters. The number of sulfonamides is 1. The van der Waals surface area contributed by atoms with Gasteiger partial charge >= 0.3 is 0 Å². The van der Waals surface area contributed by atoms with Crippen LogP contribution in [0.3, 0.4) is 0 Å². The molecule has 6 nitrogen and oxygen atoms in total. The SMILES string of the molecule is CC(C)c1cccc(NC(=O)C2=CN3CCS(=O)(=O)N=C3C=C2)c1. The van der Waals surface area contributed by atoms with Crippen molar-refractivity contribution in [2.24, 2.45) is 4.40 Å². The molecule has 0 saturated heterocycles. The molecule has 0 radical (unpaired) electrons. The van der Waals surface area contributed by atoms with Crippen LogP contribution in [0.5, 0.6) is 0 Å². The van der Waals surface area contributed by atoms with Gasteiger partial charge in [-0.3, -0.25) is 4.79 Å². The molecule has 2 aliphatic rings. The normalized spacial score (nSPS) is 18.7. The minimum Gasteiger partial charge on any atom is -0.330 e. The van der Waals surface area contributed by atoms with E-state index in [1.54, 1.807) is 23.3 Å². The largest absolute Gasteiger partial charge is 0.330 e. The van der Waals surface area contributed by atoms with Gasteiger partial charge < -0.3 is 10.2 Å². The molecule has 0 aromatic heterocycles. The first-order valence-corrected chi connectivity index (χ1v) is 9.35. The lowest BCUT2D eigenvalue weighted by molar-refractivity contribution is -0.112. The number of amides is 1. The molecule has 0 saturated carbocycles. The van der Waals surface area contributed by atoms with Gasteiger partial charge in [0.1, 0.15) is 5.84 Å². The van der Waals surface area contributed by atoms with E-state index in [1.807, 2.05) is 24.3 Å². The predicted molar refractivity (Wildman–Crippen MR) is 94.3 cm³/mol. The zero-order chi connectivity index (χ0) is 17.3. The lowest BCUT2D eigenvalue weighted by atomic mass is 10.0. The van der Waals surface area contributed by atoms with Gasteiger partial charge in [0.25, 0.3) is 15.9 Å². The average molecular weight is 345 g/mol. The molecule has 0 fully saturated rings. The first-order chi connectivity index (χ1) is 11.3. The standard InChI is InChI=1S/C17H19N3O3S/c1-12(2)13-4-3-5-15(10-13)18-17(21)14-6-7-16-19-24(22,23)9-8-20(16)11-14/h3-7,10-12H,8-9H2,1-2H3,(H,18,21). The quantitative estimate of drug-likeness (QED) is 0.911. The number of carbonyl (C=O) groups excluding carboxylic acids is 1. The average Bonchev–Trinajstić information content (AvgIpc) is 2.53. The van der Waals surface area contributed by atoms with Gasteiger partial charge in [0.15, 0.2) is 0 Å². The number of benzene rings is 1. The number of hydrogen-bond donors (Lipinski definition) is 1. The molecule has 0 spiro atoms. The Morgan fingerprint density at radius 1 is 1.29 bits per heavy atom. The third-order valence-electron chi connectivity index (χ3n) is 3.90. The van der Waals surface area contributed by atoms with Crippen molar-refractivity contribution in [3.8, 4) is 0 Å². The highest BCUT2D eigenvalue weighted by molar-refractivity contribution is 7.90. The van der Waals surface area contributed by atoms with Crippen LogP contribution in [0.4, 0.5) is 5.69 Å². The summed E-state index contributed by atoms with van der Waals surface area (Å²) in [5.41, 5.74) is 2.35. The smallest absolute Gasteiger partial charge is 0.257 e. The van der Waals surface area contributed by atoms with E-state index in [0.29, 0.717) is 23.9 Å².